The number of carbonyl (C=O) groups is 1. The number of aromatic amines is 1. The number of aromatic nitrogens is 2. The van der Waals surface area contributed by atoms with Crippen molar-refractivity contribution in [3.63, 3.8) is 0 Å². The molecule has 1 unspecified atom stereocenters. The molecule has 32 heavy (non-hydrogen) atoms. The van der Waals surface area contributed by atoms with Crippen LogP contribution in [-0.4, -0.2) is 37.4 Å². The Balaban J connectivity index is 1.79. The lowest BCUT2D eigenvalue weighted by atomic mass is 9.88. The highest BCUT2D eigenvalue weighted by molar-refractivity contribution is 7.89. The highest BCUT2D eigenvalue weighted by Gasteiger charge is 2.62. The SMILES string of the molecule is O=C1Nc2ccc(-c3cc[nH]n3)cc2C(CNS(=O)(=O)c2ccc(F)cc2)(C(F)(F)F)O1. The van der Waals surface area contributed by atoms with Gasteiger partial charge in [0.15, 0.2) is 0 Å². The number of fused-ring (bicyclic) bond motifs is 1. The van der Waals surface area contributed by atoms with E-state index in [4.69, 9.17) is 4.74 Å². The third kappa shape index (κ3) is 3.80. The fraction of sp³-hybridized carbons (Fsp3) is 0.158. The summed E-state index contributed by atoms with van der Waals surface area (Å²) in [7, 11) is -4.49. The molecule has 1 atom stereocenters. The predicted octanol–water partition coefficient (Wildman–Crippen LogP) is 3.51. The van der Waals surface area contributed by atoms with Crippen LogP contribution in [0.15, 0.2) is 59.6 Å². The molecule has 4 rings (SSSR count). The van der Waals surface area contributed by atoms with Crippen LogP contribution < -0.4 is 10.0 Å². The normalized spacial score (nSPS) is 18.6. The van der Waals surface area contributed by atoms with Crippen LogP contribution in [0.5, 0.6) is 0 Å². The Labute approximate surface area is 178 Å². The van der Waals surface area contributed by atoms with Crippen molar-refractivity contribution in [3.8, 4) is 11.3 Å². The zero-order valence-corrected chi connectivity index (χ0v) is 16.7. The molecular weight excluding hydrogens is 456 g/mol. The van der Waals surface area contributed by atoms with E-state index in [0.29, 0.717) is 5.69 Å². The molecule has 2 heterocycles. The van der Waals surface area contributed by atoms with E-state index in [1.807, 2.05) is 4.72 Å². The minimum atomic E-state index is -5.20. The molecule has 8 nitrogen and oxygen atoms in total. The van der Waals surface area contributed by atoms with E-state index in [1.54, 1.807) is 0 Å². The maximum absolute atomic E-state index is 14.3. The molecule has 0 spiro atoms. The van der Waals surface area contributed by atoms with Gasteiger partial charge in [-0.1, -0.05) is 6.07 Å². The Morgan fingerprint density at radius 2 is 1.81 bits per heavy atom. The van der Waals surface area contributed by atoms with Gasteiger partial charge < -0.3 is 4.74 Å². The van der Waals surface area contributed by atoms with E-state index >= 15 is 0 Å². The van der Waals surface area contributed by atoms with Gasteiger partial charge in [-0.25, -0.2) is 22.3 Å². The second-order valence-corrected chi connectivity index (χ2v) is 8.60. The zero-order valence-electron chi connectivity index (χ0n) is 15.9. The first-order valence-electron chi connectivity index (χ1n) is 8.98. The number of H-pyrrole nitrogens is 1. The van der Waals surface area contributed by atoms with E-state index in [1.165, 1.54) is 24.4 Å². The topological polar surface area (TPSA) is 113 Å². The van der Waals surface area contributed by atoms with Crippen molar-refractivity contribution >= 4 is 21.8 Å². The van der Waals surface area contributed by atoms with E-state index in [9.17, 15) is 30.8 Å². The molecule has 0 saturated carbocycles. The van der Waals surface area contributed by atoms with Gasteiger partial charge in [0.25, 0.3) is 0 Å². The monoisotopic (exact) mass is 470 g/mol. The maximum Gasteiger partial charge on any atom is 0.434 e. The standard InChI is InChI=1S/C19H14F4N4O4S/c20-12-2-4-13(5-3-12)32(29,30)25-10-18(19(21,22)23)14-9-11(15-7-8-24-27-15)1-6-16(14)26-17(28)31-18/h1-9,25H,10H2,(H,24,27)(H,26,28). The van der Waals surface area contributed by atoms with Crippen molar-refractivity contribution in [3.05, 3.63) is 66.1 Å². The van der Waals surface area contributed by atoms with Crippen LogP contribution in [0.3, 0.4) is 0 Å². The number of carbonyl (C=O) groups excluding carboxylic acids is 1. The summed E-state index contributed by atoms with van der Waals surface area (Å²) in [6.07, 6.45) is -5.13. The minimum Gasteiger partial charge on any atom is -0.426 e. The number of sulfonamides is 1. The lowest BCUT2D eigenvalue weighted by Crippen LogP contribution is -2.56. The number of amides is 1. The van der Waals surface area contributed by atoms with E-state index in [-0.39, 0.29) is 11.3 Å². The van der Waals surface area contributed by atoms with Gasteiger partial charge in [0.05, 0.1) is 22.8 Å². The van der Waals surface area contributed by atoms with Crippen LogP contribution in [0.25, 0.3) is 11.3 Å². The lowest BCUT2D eigenvalue weighted by Gasteiger charge is -2.39. The first kappa shape index (κ1) is 21.8. The van der Waals surface area contributed by atoms with Crippen LogP contribution >= 0.6 is 0 Å². The highest BCUT2D eigenvalue weighted by atomic mass is 32.2. The molecule has 0 saturated heterocycles. The van der Waals surface area contributed by atoms with Crippen LogP contribution in [0.1, 0.15) is 5.56 Å². The van der Waals surface area contributed by atoms with Crippen LogP contribution in [-0.2, 0) is 20.4 Å². The second-order valence-electron chi connectivity index (χ2n) is 6.84. The van der Waals surface area contributed by atoms with Gasteiger partial charge >= 0.3 is 12.3 Å². The molecule has 1 amide bonds. The molecule has 1 aliphatic heterocycles. The molecule has 0 fully saturated rings. The lowest BCUT2D eigenvalue weighted by molar-refractivity contribution is -0.261. The number of rotatable bonds is 5. The van der Waals surface area contributed by atoms with Crippen molar-refractivity contribution in [2.75, 3.05) is 11.9 Å². The third-order valence-corrected chi connectivity index (χ3v) is 6.26. The Morgan fingerprint density at radius 1 is 1.09 bits per heavy atom. The summed E-state index contributed by atoms with van der Waals surface area (Å²) in [6, 6.07) is 8.83. The number of anilines is 1. The van der Waals surface area contributed by atoms with E-state index in [2.05, 4.69) is 15.5 Å². The van der Waals surface area contributed by atoms with E-state index in [0.717, 1.165) is 30.3 Å². The Hall–Kier alpha value is -3.45. The Morgan fingerprint density at radius 3 is 2.44 bits per heavy atom. The Kier molecular flexibility index (Phi) is 5.17. The fourth-order valence-corrected chi connectivity index (χ4v) is 4.31. The summed E-state index contributed by atoms with van der Waals surface area (Å²) in [6.45, 7) is -1.35. The average Bonchev–Trinajstić information content (AvgIpc) is 3.26. The average molecular weight is 470 g/mol. The van der Waals surface area contributed by atoms with Crippen LogP contribution in [0, 0.1) is 5.82 Å². The van der Waals surface area contributed by atoms with Gasteiger partial charge in [0.1, 0.15) is 5.82 Å². The summed E-state index contributed by atoms with van der Waals surface area (Å²) in [5, 5.41) is 8.64. The smallest absolute Gasteiger partial charge is 0.426 e. The van der Waals surface area contributed by atoms with Gasteiger partial charge in [-0.2, -0.15) is 18.3 Å². The van der Waals surface area contributed by atoms with Crippen LogP contribution in [0.4, 0.5) is 28.0 Å². The van der Waals surface area contributed by atoms with Crippen molar-refractivity contribution in [2.45, 2.75) is 16.7 Å². The quantitative estimate of drug-likeness (QED) is 0.494. The summed E-state index contributed by atoms with van der Waals surface area (Å²) in [5.41, 5.74) is -3.43. The summed E-state index contributed by atoms with van der Waals surface area (Å²) < 4.78 is 87.7. The van der Waals surface area contributed by atoms with Gasteiger partial charge in [0, 0.05) is 17.3 Å². The molecule has 1 aliphatic rings. The molecule has 168 valence electrons. The van der Waals surface area contributed by atoms with Gasteiger partial charge in [-0.3, -0.25) is 10.4 Å². The van der Waals surface area contributed by atoms with Crippen LogP contribution in [0.2, 0.25) is 0 Å². The summed E-state index contributed by atoms with van der Waals surface area (Å²) in [5.74, 6) is -0.720. The minimum absolute atomic E-state index is 0.196. The van der Waals surface area contributed by atoms with Gasteiger partial charge in [-0.05, 0) is 42.5 Å². The highest BCUT2D eigenvalue weighted by Crippen LogP contribution is 2.48. The number of benzene rings is 2. The van der Waals surface area contributed by atoms with Crippen molar-refractivity contribution in [2.24, 2.45) is 0 Å². The molecule has 0 aliphatic carbocycles. The number of ether oxygens (including phenoxy) is 1. The molecule has 13 heteroatoms. The molecular formula is C19H14F4N4O4S. The number of nitrogens with one attached hydrogen (secondary N) is 3. The second kappa shape index (κ2) is 7.60. The number of alkyl halides is 3. The van der Waals surface area contributed by atoms with Gasteiger partial charge in [0.2, 0.25) is 15.6 Å². The number of hydrogen-bond acceptors (Lipinski definition) is 5. The molecule has 0 radical (unpaired) electrons. The maximum atomic E-state index is 14.3. The first-order valence-corrected chi connectivity index (χ1v) is 10.5. The van der Waals surface area contributed by atoms with Gasteiger partial charge in [-0.15, -0.1) is 0 Å². The molecule has 0 bridgehead atoms. The van der Waals surface area contributed by atoms with Crippen molar-refractivity contribution in [1.29, 1.82) is 0 Å². The molecule has 3 aromatic rings. The predicted molar refractivity (Wildman–Crippen MR) is 103 cm³/mol. The van der Waals surface area contributed by atoms with Crippen molar-refractivity contribution in [1.82, 2.24) is 14.9 Å². The summed E-state index contributed by atoms with van der Waals surface area (Å²) in [4.78, 5) is 11.5. The molecule has 2 aromatic carbocycles. The largest absolute Gasteiger partial charge is 0.434 e. The van der Waals surface area contributed by atoms with E-state index < -0.39 is 50.7 Å². The number of cyclic esters (lactones) is 1. The first-order chi connectivity index (χ1) is 15.0. The third-order valence-electron chi connectivity index (χ3n) is 4.85. The Bertz CT molecular complexity index is 1260. The number of hydrogen-bond donors (Lipinski definition) is 3. The summed E-state index contributed by atoms with van der Waals surface area (Å²) >= 11 is 0. The van der Waals surface area contributed by atoms with Crippen molar-refractivity contribution < 1.29 is 35.5 Å². The number of halogens is 4. The zero-order chi connectivity index (χ0) is 23.1. The number of nitrogens with zero attached hydrogens (tertiary/aromatic N) is 1. The fourth-order valence-electron chi connectivity index (χ4n) is 3.25. The molecule has 3 N–H and O–H groups in total. The molecule has 1 aromatic heterocycles.